The molecule has 2 aromatic heterocycles. The van der Waals surface area contributed by atoms with Gasteiger partial charge < -0.3 is 4.74 Å². The Kier molecular flexibility index (Phi) is 4.57. The normalized spacial score (nSPS) is 11.9. The van der Waals surface area contributed by atoms with Crippen molar-refractivity contribution < 1.29 is 4.74 Å². The van der Waals surface area contributed by atoms with E-state index in [1.54, 1.807) is 12.5 Å². The van der Waals surface area contributed by atoms with Gasteiger partial charge in [0.2, 0.25) is 0 Å². The second-order valence-corrected chi connectivity index (χ2v) is 5.36. The van der Waals surface area contributed by atoms with E-state index in [2.05, 4.69) is 19.9 Å². The minimum absolute atomic E-state index is 0.202. The van der Waals surface area contributed by atoms with Gasteiger partial charge in [-0.25, -0.2) is 19.9 Å². The third-order valence-electron chi connectivity index (χ3n) is 3.42. The first-order valence-electron chi connectivity index (χ1n) is 7.49. The van der Waals surface area contributed by atoms with Crippen LogP contribution >= 0.6 is 0 Å². The molecule has 0 aliphatic rings. The Bertz CT molecular complexity index is 742. The molecule has 3 aromatic rings. The second-order valence-electron chi connectivity index (χ2n) is 5.36. The zero-order valence-corrected chi connectivity index (χ0v) is 13.2. The third-order valence-corrected chi connectivity index (χ3v) is 3.42. The van der Waals surface area contributed by atoms with Crippen molar-refractivity contribution >= 4 is 0 Å². The third kappa shape index (κ3) is 4.10. The van der Waals surface area contributed by atoms with Gasteiger partial charge >= 0.3 is 6.01 Å². The first-order valence-corrected chi connectivity index (χ1v) is 7.49. The molecule has 5 heteroatoms. The lowest BCUT2D eigenvalue weighted by Gasteiger charge is -2.18. The molecule has 2 heterocycles. The SMILES string of the molecule is Cc1cc(C)nc(OC(Cc2ccncn2)c2ccccc2)n1. The minimum Gasteiger partial charge on any atom is -0.455 e. The Morgan fingerprint density at radius 2 is 1.74 bits per heavy atom. The van der Waals surface area contributed by atoms with Crippen molar-refractivity contribution in [1.29, 1.82) is 0 Å². The van der Waals surface area contributed by atoms with E-state index in [4.69, 9.17) is 4.74 Å². The summed E-state index contributed by atoms with van der Waals surface area (Å²) in [5.41, 5.74) is 3.76. The maximum atomic E-state index is 6.08. The molecule has 0 amide bonds. The fraction of sp³-hybridized carbons (Fsp3) is 0.222. The molecule has 1 unspecified atom stereocenters. The van der Waals surface area contributed by atoms with Gasteiger partial charge in [0.15, 0.2) is 0 Å². The summed E-state index contributed by atoms with van der Waals surface area (Å²) >= 11 is 0. The molecular weight excluding hydrogens is 288 g/mol. The predicted octanol–water partition coefficient (Wildman–Crippen LogP) is 3.25. The Morgan fingerprint density at radius 3 is 2.39 bits per heavy atom. The molecule has 23 heavy (non-hydrogen) atoms. The largest absolute Gasteiger partial charge is 0.455 e. The van der Waals surface area contributed by atoms with Crippen molar-refractivity contribution in [2.45, 2.75) is 26.4 Å². The molecule has 0 radical (unpaired) electrons. The van der Waals surface area contributed by atoms with Crippen molar-refractivity contribution in [3.8, 4) is 6.01 Å². The van der Waals surface area contributed by atoms with Crippen LogP contribution in [-0.4, -0.2) is 19.9 Å². The average Bonchev–Trinajstić information content (AvgIpc) is 2.55. The zero-order chi connectivity index (χ0) is 16.1. The summed E-state index contributed by atoms with van der Waals surface area (Å²) in [5.74, 6) is 0. The number of hydrogen-bond acceptors (Lipinski definition) is 5. The van der Waals surface area contributed by atoms with Crippen molar-refractivity contribution in [1.82, 2.24) is 19.9 Å². The van der Waals surface area contributed by atoms with Gasteiger partial charge in [0.05, 0.1) is 0 Å². The summed E-state index contributed by atoms with van der Waals surface area (Å²) in [7, 11) is 0. The summed E-state index contributed by atoms with van der Waals surface area (Å²) in [6, 6.07) is 14.3. The average molecular weight is 306 g/mol. The van der Waals surface area contributed by atoms with Crippen molar-refractivity contribution in [2.75, 3.05) is 0 Å². The lowest BCUT2D eigenvalue weighted by atomic mass is 10.0. The highest BCUT2D eigenvalue weighted by Gasteiger charge is 2.17. The minimum atomic E-state index is -0.202. The summed E-state index contributed by atoms with van der Waals surface area (Å²) in [6.45, 7) is 3.87. The van der Waals surface area contributed by atoms with Gasteiger partial charge in [0.25, 0.3) is 0 Å². The molecule has 0 bridgehead atoms. The number of rotatable bonds is 5. The van der Waals surface area contributed by atoms with Crippen LogP contribution in [0.25, 0.3) is 0 Å². The summed E-state index contributed by atoms with van der Waals surface area (Å²) in [5, 5.41) is 0. The predicted molar refractivity (Wildman–Crippen MR) is 87.1 cm³/mol. The van der Waals surface area contributed by atoms with Crippen LogP contribution in [0.1, 0.15) is 28.7 Å². The monoisotopic (exact) mass is 306 g/mol. The fourth-order valence-corrected chi connectivity index (χ4v) is 2.40. The fourth-order valence-electron chi connectivity index (χ4n) is 2.40. The Labute approximate surface area is 135 Å². The smallest absolute Gasteiger partial charge is 0.317 e. The van der Waals surface area contributed by atoms with Crippen molar-refractivity contribution in [3.05, 3.63) is 77.6 Å². The lowest BCUT2D eigenvalue weighted by molar-refractivity contribution is 0.186. The van der Waals surface area contributed by atoms with Gasteiger partial charge in [0, 0.05) is 29.7 Å². The summed E-state index contributed by atoms with van der Waals surface area (Å²) < 4.78 is 6.08. The van der Waals surface area contributed by atoms with Crippen LogP contribution in [-0.2, 0) is 6.42 Å². The molecule has 5 nitrogen and oxygen atoms in total. The molecule has 0 aliphatic carbocycles. The van der Waals surface area contributed by atoms with Crippen LogP contribution in [0.5, 0.6) is 6.01 Å². The first-order chi connectivity index (χ1) is 11.2. The number of hydrogen-bond donors (Lipinski definition) is 0. The maximum absolute atomic E-state index is 6.08. The van der Waals surface area contributed by atoms with Crippen LogP contribution in [0.3, 0.4) is 0 Å². The van der Waals surface area contributed by atoms with Gasteiger partial charge in [-0.3, -0.25) is 0 Å². The van der Waals surface area contributed by atoms with Crippen LogP contribution in [0.2, 0.25) is 0 Å². The van der Waals surface area contributed by atoms with Gasteiger partial charge in [-0.1, -0.05) is 30.3 Å². The molecule has 0 spiro atoms. The van der Waals surface area contributed by atoms with Gasteiger partial charge in [-0.2, -0.15) is 0 Å². The highest BCUT2D eigenvalue weighted by Crippen LogP contribution is 2.23. The first kappa shape index (κ1) is 15.1. The van der Waals surface area contributed by atoms with E-state index in [9.17, 15) is 0 Å². The van der Waals surface area contributed by atoms with E-state index in [1.807, 2.05) is 56.3 Å². The standard InChI is InChI=1S/C18H18N4O/c1-13-10-14(2)22-18(21-13)23-17(15-6-4-3-5-7-15)11-16-8-9-19-12-20-16/h3-10,12,17H,11H2,1-2H3. The lowest BCUT2D eigenvalue weighted by Crippen LogP contribution is -2.14. The molecule has 0 saturated carbocycles. The van der Waals surface area contributed by atoms with E-state index in [0.29, 0.717) is 12.4 Å². The Balaban J connectivity index is 1.88. The topological polar surface area (TPSA) is 60.8 Å². The molecule has 0 aliphatic heterocycles. The number of nitrogens with zero attached hydrogens (tertiary/aromatic N) is 4. The molecule has 116 valence electrons. The highest BCUT2D eigenvalue weighted by molar-refractivity contribution is 5.21. The Hall–Kier alpha value is -2.82. The summed E-state index contributed by atoms with van der Waals surface area (Å²) in [4.78, 5) is 17.0. The quantitative estimate of drug-likeness (QED) is 0.724. The van der Waals surface area contributed by atoms with Gasteiger partial charge in [0.1, 0.15) is 12.4 Å². The van der Waals surface area contributed by atoms with Crippen LogP contribution in [0, 0.1) is 13.8 Å². The molecular formula is C18H18N4O. The van der Waals surface area contributed by atoms with Crippen molar-refractivity contribution in [2.24, 2.45) is 0 Å². The van der Waals surface area contributed by atoms with Crippen LogP contribution in [0.4, 0.5) is 0 Å². The van der Waals surface area contributed by atoms with E-state index >= 15 is 0 Å². The van der Waals surface area contributed by atoms with Crippen LogP contribution < -0.4 is 4.74 Å². The van der Waals surface area contributed by atoms with E-state index < -0.39 is 0 Å². The highest BCUT2D eigenvalue weighted by atomic mass is 16.5. The maximum Gasteiger partial charge on any atom is 0.317 e. The summed E-state index contributed by atoms with van der Waals surface area (Å²) in [6.07, 6.45) is 3.71. The molecule has 0 N–H and O–H groups in total. The number of benzene rings is 1. The van der Waals surface area contributed by atoms with E-state index in [1.165, 1.54) is 0 Å². The molecule has 0 saturated heterocycles. The number of aryl methyl sites for hydroxylation is 2. The molecule has 3 rings (SSSR count). The molecule has 1 atom stereocenters. The molecule has 1 aromatic carbocycles. The molecule has 0 fully saturated rings. The van der Waals surface area contributed by atoms with E-state index in [-0.39, 0.29) is 6.10 Å². The van der Waals surface area contributed by atoms with E-state index in [0.717, 1.165) is 22.6 Å². The second kappa shape index (κ2) is 6.96. The van der Waals surface area contributed by atoms with Gasteiger partial charge in [-0.05, 0) is 31.5 Å². The van der Waals surface area contributed by atoms with Crippen molar-refractivity contribution in [3.63, 3.8) is 0 Å². The number of aromatic nitrogens is 4. The van der Waals surface area contributed by atoms with Gasteiger partial charge in [-0.15, -0.1) is 0 Å². The zero-order valence-electron chi connectivity index (χ0n) is 13.2. The van der Waals surface area contributed by atoms with Crippen LogP contribution in [0.15, 0.2) is 55.0 Å². The number of ether oxygens (including phenoxy) is 1. The Morgan fingerprint density at radius 1 is 1.00 bits per heavy atom.